The molecule has 1 atom stereocenters. The van der Waals surface area contributed by atoms with E-state index in [9.17, 15) is 9.59 Å². The summed E-state index contributed by atoms with van der Waals surface area (Å²) >= 11 is 0. The average Bonchev–Trinajstić information content (AvgIpc) is 3.20. The first-order valence-electron chi connectivity index (χ1n) is 11.2. The third-order valence-electron chi connectivity index (χ3n) is 5.68. The lowest BCUT2D eigenvalue weighted by molar-refractivity contribution is -0.149. The Hall–Kier alpha value is -2.57. The second kappa shape index (κ2) is 11.0. The van der Waals surface area contributed by atoms with Gasteiger partial charge in [0.05, 0.1) is 12.5 Å². The van der Waals surface area contributed by atoms with E-state index in [4.69, 9.17) is 9.73 Å². The summed E-state index contributed by atoms with van der Waals surface area (Å²) < 4.78 is 5.20. The number of nitrogens with one attached hydrogen (secondary N) is 1. The van der Waals surface area contributed by atoms with Crippen LogP contribution in [0.25, 0.3) is 0 Å². The van der Waals surface area contributed by atoms with Gasteiger partial charge in [0.15, 0.2) is 5.96 Å². The van der Waals surface area contributed by atoms with E-state index in [1.165, 1.54) is 11.1 Å². The molecule has 30 heavy (non-hydrogen) atoms. The van der Waals surface area contributed by atoms with Crippen LogP contribution in [0.15, 0.2) is 29.3 Å². The van der Waals surface area contributed by atoms with E-state index in [0.717, 1.165) is 38.3 Å². The molecular weight excluding hydrogens is 380 g/mol. The number of benzene rings is 1. The molecule has 0 aromatic heterocycles. The second-order valence-electron chi connectivity index (χ2n) is 7.89. The Morgan fingerprint density at radius 3 is 2.57 bits per heavy atom. The second-order valence-corrected chi connectivity index (χ2v) is 7.89. The summed E-state index contributed by atoms with van der Waals surface area (Å²) in [4.78, 5) is 33.5. The first-order valence-corrected chi connectivity index (χ1v) is 11.2. The minimum Gasteiger partial charge on any atom is -0.466 e. The molecule has 0 bridgehead atoms. The summed E-state index contributed by atoms with van der Waals surface area (Å²) in [6, 6.07) is 8.24. The van der Waals surface area contributed by atoms with E-state index >= 15 is 0 Å². The van der Waals surface area contributed by atoms with Crippen molar-refractivity contribution in [2.24, 2.45) is 10.9 Å². The van der Waals surface area contributed by atoms with Gasteiger partial charge in [0.1, 0.15) is 0 Å². The lowest BCUT2D eigenvalue weighted by atomic mass is 9.98. The monoisotopic (exact) mass is 414 g/mol. The van der Waals surface area contributed by atoms with Crippen LogP contribution in [0.1, 0.15) is 50.7 Å². The molecule has 1 aromatic rings. The molecule has 2 aliphatic heterocycles. The van der Waals surface area contributed by atoms with Gasteiger partial charge in [-0.15, -0.1) is 0 Å². The largest absolute Gasteiger partial charge is 0.466 e. The first-order chi connectivity index (χ1) is 14.6. The zero-order valence-corrected chi connectivity index (χ0v) is 18.2. The maximum Gasteiger partial charge on any atom is 0.310 e. The Kier molecular flexibility index (Phi) is 8.11. The number of carbonyl (C=O) groups excluding carboxylic acids is 2. The van der Waals surface area contributed by atoms with E-state index in [1.54, 1.807) is 0 Å². The molecule has 1 saturated heterocycles. The van der Waals surface area contributed by atoms with E-state index < -0.39 is 0 Å². The van der Waals surface area contributed by atoms with Crippen LogP contribution in [0.3, 0.4) is 0 Å². The van der Waals surface area contributed by atoms with Gasteiger partial charge in [-0.2, -0.15) is 0 Å². The van der Waals surface area contributed by atoms with Gasteiger partial charge < -0.3 is 19.9 Å². The van der Waals surface area contributed by atoms with Crippen molar-refractivity contribution in [3.63, 3.8) is 0 Å². The molecule has 1 amide bonds. The van der Waals surface area contributed by atoms with E-state index in [0.29, 0.717) is 39.2 Å². The van der Waals surface area contributed by atoms with Crippen LogP contribution in [0.5, 0.6) is 0 Å². The van der Waals surface area contributed by atoms with Crippen LogP contribution >= 0.6 is 0 Å². The van der Waals surface area contributed by atoms with Gasteiger partial charge in [0.25, 0.3) is 0 Å². The molecule has 164 valence electrons. The number of piperidine rings is 1. The number of hydrogen-bond donors (Lipinski definition) is 1. The van der Waals surface area contributed by atoms with Crippen LogP contribution in [0.2, 0.25) is 0 Å². The highest BCUT2D eigenvalue weighted by atomic mass is 16.5. The number of rotatable bonds is 7. The first kappa shape index (κ1) is 22.1. The van der Waals surface area contributed by atoms with Crippen LogP contribution in [0.4, 0.5) is 0 Å². The standard InChI is InChI=1S/C23H34N4O3/c1-3-24-23(26-14-8-11-20(17-26)22(29)30-4-2)25-13-7-12-21(28)27-15-18-9-5-6-10-19(18)16-27/h5-6,9-10,20H,3-4,7-8,11-17H2,1-2H3,(H,24,25). The summed E-state index contributed by atoms with van der Waals surface area (Å²) in [7, 11) is 0. The van der Waals surface area contributed by atoms with Crippen molar-refractivity contribution in [2.75, 3.05) is 32.8 Å². The molecule has 7 heteroatoms. The van der Waals surface area contributed by atoms with Gasteiger partial charge in [-0.25, -0.2) is 0 Å². The summed E-state index contributed by atoms with van der Waals surface area (Å²) in [6.07, 6.45) is 3.03. The highest BCUT2D eigenvalue weighted by molar-refractivity contribution is 5.81. The van der Waals surface area contributed by atoms with Crippen molar-refractivity contribution >= 4 is 17.8 Å². The smallest absolute Gasteiger partial charge is 0.310 e. The minimum atomic E-state index is -0.116. The van der Waals surface area contributed by atoms with Crippen LogP contribution in [0, 0.1) is 5.92 Å². The third kappa shape index (κ3) is 5.74. The maximum absolute atomic E-state index is 12.6. The Balaban J connectivity index is 1.48. The molecular formula is C23H34N4O3. The topological polar surface area (TPSA) is 74.2 Å². The van der Waals surface area contributed by atoms with Crippen molar-refractivity contribution < 1.29 is 14.3 Å². The Bertz CT molecular complexity index is 740. The van der Waals surface area contributed by atoms with Crippen LogP contribution < -0.4 is 5.32 Å². The van der Waals surface area contributed by atoms with Crippen molar-refractivity contribution in [1.29, 1.82) is 0 Å². The Morgan fingerprint density at radius 2 is 1.90 bits per heavy atom. The normalized spacial score (nSPS) is 18.9. The number of likely N-dealkylation sites (tertiary alicyclic amines) is 1. The Morgan fingerprint density at radius 1 is 1.17 bits per heavy atom. The summed E-state index contributed by atoms with van der Waals surface area (Å²) in [5.41, 5.74) is 2.50. The maximum atomic E-state index is 12.6. The molecule has 0 radical (unpaired) electrons. The molecule has 1 N–H and O–H groups in total. The van der Waals surface area contributed by atoms with Gasteiger partial charge >= 0.3 is 5.97 Å². The number of fused-ring (bicyclic) bond motifs is 1. The molecule has 3 rings (SSSR count). The highest BCUT2D eigenvalue weighted by Crippen LogP contribution is 2.23. The molecule has 0 saturated carbocycles. The molecule has 0 aliphatic carbocycles. The number of hydrogen-bond acceptors (Lipinski definition) is 4. The lowest BCUT2D eigenvalue weighted by Gasteiger charge is -2.34. The zero-order chi connectivity index (χ0) is 21.3. The molecule has 7 nitrogen and oxygen atoms in total. The predicted octanol–water partition coefficient (Wildman–Crippen LogP) is 2.55. The van der Waals surface area contributed by atoms with Crippen molar-refractivity contribution in [3.05, 3.63) is 35.4 Å². The van der Waals surface area contributed by atoms with Gasteiger partial charge in [-0.3, -0.25) is 14.6 Å². The fourth-order valence-electron chi connectivity index (χ4n) is 4.13. The SMILES string of the molecule is CCNC(=NCCCC(=O)N1Cc2ccccc2C1)N1CCCC(C(=O)OCC)C1. The predicted molar refractivity (Wildman–Crippen MR) is 117 cm³/mol. The molecule has 2 aliphatic rings. The number of esters is 1. The molecule has 0 spiro atoms. The van der Waals surface area contributed by atoms with Gasteiger partial charge in [0.2, 0.25) is 5.91 Å². The molecule has 1 fully saturated rings. The number of guanidine groups is 1. The fraction of sp³-hybridized carbons (Fsp3) is 0.609. The van der Waals surface area contributed by atoms with Gasteiger partial charge in [-0.1, -0.05) is 24.3 Å². The number of aliphatic imine (C=N–C) groups is 1. The van der Waals surface area contributed by atoms with E-state index in [2.05, 4.69) is 22.3 Å². The molecule has 1 aromatic carbocycles. The van der Waals surface area contributed by atoms with Crippen molar-refractivity contribution in [1.82, 2.24) is 15.1 Å². The molecule has 2 heterocycles. The number of ether oxygens (including phenoxy) is 1. The highest BCUT2D eigenvalue weighted by Gasteiger charge is 2.28. The number of nitrogens with zero attached hydrogens (tertiary/aromatic N) is 3. The minimum absolute atomic E-state index is 0.0964. The van der Waals surface area contributed by atoms with Crippen molar-refractivity contribution in [2.45, 2.75) is 52.6 Å². The van der Waals surface area contributed by atoms with Gasteiger partial charge in [-0.05, 0) is 44.2 Å². The zero-order valence-electron chi connectivity index (χ0n) is 18.2. The van der Waals surface area contributed by atoms with Crippen molar-refractivity contribution in [3.8, 4) is 0 Å². The quantitative estimate of drug-likeness (QED) is 0.321. The lowest BCUT2D eigenvalue weighted by Crippen LogP contribution is -2.48. The summed E-state index contributed by atoms with van der Waals surface area (Å²) in [5, 5.41) is 3.33. The molecule has 1 unspecified atom stereocenters. The number of carbonyl (C=O) groups is 2. The van der Waals surface area contributed by atoms with E-state index in [-0.39, 0.29) is 17.8 Å². The van der Waals surface area contributed by atoms with Crippen LogP contribution in [-0.4, -0.2) is 60.4 Å². The van der Waals surface area contributed by atoms with Crippen LogP contribution in [-0.2, 0) is 27.4 Å². The van der Waals surface area contributed by atoms with E-state index in [1.807, 2.05) is 30.9 Å². The summed E-state index contributed by atoms with van der Waals surface area (Å²) in [5.74, 6) is 0.801. The van der Waals surface area contributed by atoms with Gasteiger partial charge in [0, 0.05) is 45.7 Å². The third-order valence-corrected chi connectivity index (χ3v) is 5.68. The average molecular weight is 415 g/mol. The fourth-order valence-corrected chi connectivity index (χ4v) is 4.13. The number of amides is 1. The summed E-state index contributed by atoms with van der Waals surface area (Å²) in [6.45, 7) is 8.60. The Labute approximate surface area is 179 Å².